The second-order valence-corrected chi connectivity index (χ2v) is 7.82. The number of nitrogens with one attached hydrogen (secondary N) is 1. The summed E-state index contributed by atoms with van der Waals surface area (Å²) in [5.74, 6) is 0.0332. The molecule has 4 rings (SSSR count). The van der Waals surface area contributed by atoms with Crippen molar-refractivity contribution in [3.8, 4) is 0 Å². The number of likely N-dealkylation sites (N-methyl/N-ethyl adjacent to an activating group) is 1. The molecule has 0 radical (unpaired) electrons. The van der Waals surface area contributed by atoms with Crippen LogP contribution in [-0.4, -0.2) is 44.0 Å². The number of furan rings is 1. The molecule has 146 valence electrons. The largest absolute Gasteiger partial charge is 0.449 e. The number of halogens is 1. The van der Waals surface area contributed by atoms with Crippen LogP contribution in [0.15, 0.2) is 40.8 Å². The van der Waals surface area contributed by atoms with E-state index in [9.17, 15) is 4.79 Å². The zero-order valence-electron chi connectivity index (χ0n) is 16.4. The summed E-state index contributed by atoms with van der Waals surface area (Å²) >= 11 is 6.20. The first kappa shape index (κ1) is 18.8. The van der Waals surface area contributed by atoms with Gasteiger partial charge in [0.1, 0.15) is 0 Å². The standard InChI is InChI=1S/C22H24ClN3O2/c1-14-13-16(26-11-9-25(3)10-12-26)7-8-19(14)24-22(27)20-15(2)17-5-4-6-18(23)21(17)28-20/h4-8,13H,9-12H2,1-3H3,(H,24,27). The molecule has 0 aliphatic carbocycles. The number of para-hydroxylation sites is 1. The lowest BCUT2D eigenvalue weighted by molar-refractivity contribution is 0.0998. The highest BCUT2D eigenvalue weighted by molar-refractivity contribution is 6.35. The van der Waals surface area contributed by atoms with E-state index in [0.29, 0.717) is 16.4 Å². The molecule has 1 aliphatic heterocycles. The van der Waals surface area contributed by atoms with Crippen molar-refractivity contribution in [2.45, 2.75) is 13.8 Å². The Kier molecular flexibility index (Phi) is 5.04. The maximum atomic E-state index is 12.8. The minimum Gasteiger partial charge on any atom is -0.449 e. The van der Waals surface area contributed by atoms with Crippen LogP contribution in [0.25, 0.3) is 11.0 Å². The van der Waals surface area contributed by atoms with Crippen molar-refractivity contribution in [3.63, 3.8) is 0 Å². The lowest BCUT2D eigenvalue weighted by Gasteiger charge is -2.34. The molecule has 6 heteroatoms. The van der Waals surface area contributed by atoms with Crippen molar-refractivity contribution in [1.29, 1.82) is 0 Å². The van der Waals surface area contributed by atoms with E-state index in [4.69, 9.17) is 16.0 Å². The Morgan fingerprint density at radius 1 is 1.11 bits per heavy atom. The molecular formula is C22H24ClN3O2. The maximum Gasteiger partial charge on any atom is 0.291 e. The molecule has 0 saturated carbocycles. The number of carbonyl (C=O) groups excluding carboxylic acids is 1. The molecule has 0 atom stereocenters. The van der Waals surface area contributed by atoms with E-state index in [2.05, 4.69) is 34.3 Å². The van der Waals surface area contributed by atoms with E-state index in [1.54, 1.807) is 6.07 Å². The van der Waals surface area contributed by atoms with Gasteiger partial charge in [-0.1, -0.05) is 23.7 Å². The van der Waals surface area contributed by atoms with Gasteiger partial charge in [-0.3, -0.25) is 4.79 Å². The van der Waals surface area contributed by atoms with Gasteiger partial charge in [0.25, 0.3) is 5.91 Å². The number of rotatable bonds is 3. The maximum absolute atomic E-state index is 12.8. The number of piperazine rings is 1. The summed E-state index contributed by atoms with van der Waals surface area (Å²) < 4.78 is 5.78. The van der Waals surface area contributed by atoms with E-state index in [1.807, 2.05) is 32.0 Å². The molecule has 1 aliphatic rings. The number of hydrogen-bond donors (Lipinski definition) is 1. The molecule has 1 amide bonds. The molecule has 2 aromatic carbocycles. The van der Waals surface area contributed by atoms with Gasteiger partial charge < -0.3 is 19.5 Å². The summed E-state index contributed by atoms with van der Waals surface area (Å²) in [7, 11) is 2.15. The first-order chi connectivity index (χ1) is 13.4. The van der Waals surface area contributed by atoms with Crippen LogP contribution >= 0.6 is 11.6 Å². The predicted octanol–water partition coefficient (Wildman–Crippen LogP) is 4.71. The highest BCUT2D eigenvalue weighted by Gasteiger charge is 2.20. The van der Waals surface area contributed by atoms with Crippen LogP contribution < -0.4 is 10.2 Å². The van der Waals surface area contributed by atoms with Crippen molar-refractivity contribution >= 4 is 39.9 Å². The van der Waals surface area contributed by atoms with Crippen molar-refractivity contribution in [2.24, 2.45) is 0 Å². The number of carbonyl (C=O) groups is 1. The number of hydrogen-bond acceptors (Lipinski definition) is 4. The predicted molar refractivity (Wildman–Crippen MR) is 115 cm³/mol. The number of amides is 1. The molecule has 1 aromatic heterocycles. The number of fused-ring (bicyclic) bond motifs is 1. The third kappa shape index (κ3) is 3.48. The van der Waals surface area contributed by atoms with Crippen molar-refractivity contribution < 1.29 is 9.21 Å². The molecule has 28 heavy (non-hydrogen) atoms. The van der Waals surface area contributed by atoms with E-state index in [-0.39, 0.29) is 5.91 Å². The Balaban J connectivity index is 1.55. The Hall–Kier alpha value is -2.50. The number of nitrogens with zero attached hydrogens (tertiary/aromatic N) is 2. The third-order valence-corrected chi connectivity index (χ3v) is 5.75. The minimum absolute atomic E-state index is 0.264. The summed E-state index contributed by atoms with van der Waals surface area (Å²) in [6, 6.07) is 11.7. The third-order valence-electron chi connectivity index (χ3n) is 5.45. The molecule has 0 bridgehead atoms. The second-order valence-electron chi connectivity index (χ2n) is 7.42. The van der Waals surface area contributed by atoms with Crippen LogP contribution in [0.4, 0.5) is 11.4 Å². The van der Waals surface area contributed by atoms with Gasteiger partial charge in [0, 0.05) is 48.5 Å². The Morgan fingerprint density at radius 2 is 1.86 bits per heavy atom. The zero-order valence-corrected chi connectivity index (χ0v) is 17.1. The van der Waals surface area contributed by atoms with Gasteiger partial charge in [0.15, 0.2) is 11.3 Å². The smallest absolute Gasteiger partial charge is 0.291 e. The molecule has 3 aromatic rings. The molecule has 1 fully saturated rings. The summed E-state index contributed by atoms with van der Waals surface area (Å²) in [6.45, 7) is 8.04. The van der Waals surface area contributed by atoms with Crippen LogP contribution in [0.5, 0.6) is 0 Å². The average molecular weight is 398 g/mol. The quantitative estimate of drug-likeness (QED) is 0.695. The summed E-state index contributed by atoms with van der Waals surface area (Å²) in [6.07, 6.45) is 0. The normalized spacial score (nSPS) is 15.2. The van der Waals surface area contributed by atoms with Gasteiger partial charge in [-0.05, 0) is 50.7 Å². The zero-order chi connectivity index (χ0) is 19.8. The Morgan fingerprint density at radius 3 is 2.54 bits per heavy atom. The monoisotopic (exact) mass is 397 g/mol. The van der Waals surface area contributed by atoms with Gasteiger partial charge in [0.05, 0.1) is 5.02 Å². The number of anilines is 2. The van der Waals surface area contributed by atoms with Crippen LogP contribution in [0, 0.1) is 13.8 Å². The van der Waals surface area contributed by atoms with E-state index >= 15 is 0 Å². The number of benzene rings is 2. The average Bonchev–Trinajstić information content (AvgIpc) is 3.02. The van der Waals surface area contributed by atoms with Crippen LogP contribution in [0.2, 0.25) is 5.02 Å². The fourth-order valence-corrected chi connectivity index (χ4v) is 3.87. The lowest BCUT2D eigenvalue weighted by Crippen LogP contribution is -2.44. The van der Waals surface area contributed by atoms with E-state index in [1.165, 1.54) is 5.69 Å². The van der Waals surface area contributed by atoms with Crippen molar-refractivity contribution in [3.05, 3.63) is 58.3 Å². The first-order valence-electron chi connectivity index (χ1n) is 9.47. The van der Waals surface area contributed by atoms with Gasteiger partial charge in [-0.15, -0.1) is 0 Å². The molecule has 2 heterocycles. The highest BCUT2D eigenvalue weighted by atomic mass is 35.5. The summed E-state index contributed by atoms with van der Waals surface area (Å²) in [4.78, 5) is 17.5. The van der Waals surface area contributed by atoms with Crippen LogP contribution in [0.3, 0.4) is 0 Å². The minimum atomic E-state index is -0.264. The molecule has 0 spiro atoms. The molecule has 5 nitrogen and oxygen atoms in total. The van der Waals surface area contributed by atoms with Crippen molar-refractivity contribution in [1.82, 2.24) is 4.90 Å². The van der Waals surface area contributed by atoms with Gasteiger partial charge >= 0.3 is 0 Å². The SMILES string of the molecule is Cc1cc(N2CCN(C)CC2)ccc1NC(=O)c1oc2c(Cl)cccc2c1C. The van der Waals surface area contributed by atoms with Crippen molar-refractivity contribution in [2.75, 3.05) is 43.4 Å². The number of aryl methyl sites for hydroxylation is 2. The second kappa shape index (κ2) is 7.49. The Bertz CT molecular complexity index is 1040. The highest BCUT2D eigenvalue weighted by Crippen LogP contribution is 2.31. The fraction of sp³-hybridized carbons (Fsp3) is 0.318. The van der Waals surface area contributed by atoms with Crippen LogP contribution in [-0.2, 0) is 0 Å². The van der Waals surface area contributed by atoms with Gasteiger partial charge in [-0.2, -0.15) is 0 Å². The summed E-state index contributed by atoms with van der Waals surface area (Å²) in [5, 5.41) is 4.35. The molecular weight excluding hydrogens is 374 g/mol. The molecule has 0 unspecified atom stereocenters. The van der Waals surface area contributed by atoms with Crippen LogP contribution in [0.1, 0.15) is 21.7 Å². The summed E-state index contributed by atoms with van der Waals surface area (Å²) in [5.41, 5.74) is 4.34. The molecule has 1 saturated heterocycles. The first-order valence-corrected chi connectivity index (χ1v) is 9.85. The van der Waals surface area contributed by atoms with Gasteiger partial charge in [0.2, 0.25) is 0 Å². The van der Waals surface area contributed by atoms with Gasteiger partial charge in [-0.25, -0.2) is 0 Å². The Labute approximate surface area is 169 Å². The van der Waals surface area contributed by atoms with E-state index < -0.39 is 0 Å². The topological polar surface area (TPSA) is 48.7 Å². The molecule has 1 N–H and O–H groups in total. The lowest BCUT2D eigenvalue weighted by atomic mass is 10.1. The van der Waals surface area contributed by atoms with E-state index in [0.717, 1.165) is 48.4 Å². The fourth-order valence-electron chi connectivity index (χ4n) is 3.65.